The summed E-state index contributed by atoms with van der Waals surface area (Å²) in [5, 5.41) is 2.95. The maximum absolute atomic E-state index is 12.2. The highest BCUT2D eigenvalue weighted by Crippen LogP contribution is 2.23. The third kappa shape index (κ3) is 3.63. The summed E-state index contributed by atoms with van der Waals surface area (Å²) >= 11 is 5.82. The first kappa shape index (κ1) is 15.6. The Hall–Kier alpha value is -0.820. The van der Waals surface area contributed by atoms with Gasteiger partial charge in [0, 0.05) is 27.9 Å². The molecule has 2 rings (SSSR count). The minimum atomic E-state index is -3.94. The molecule has 20 heavy (non-hydrogen) atoms. The van der Waals surface area contributed by atoms with E-state index in [-0.39, 0.29) is 15.5 Å². The molecule has 0 saturated carbocycles. The zero-order valence-electron chi connectivity index (χ0n) is 10.7. The van der Waals surface area contributed by atoms with Gasteiger partial charge < -0.3 is 10.1 Å². The highest BCUT2D eigenvalue weighted by Gasteiger charge is 2.31. The molecule has 0 aliphatic carbocycles. The van der Waals surface area contributed by atoms with Gasteiger partial charge in [0.25, 0.3) is 15.0 Å². The van der Waals surface area contributed by atoms with Crippen molar-refractivity contribution in [2.75, 3.05) is 13.2 Å². The molecule has 5 nitrogen and oxygen atoms in total. The molecular weight excluding hydrogens is 325 g/mol. The summed E-state index contributed by atoms with van der Waals surface area (Å²) in [4.78, 5) is 12.0. The lowest BCUT2D eigenvalue weighted by Crippen LogP contribution is -2.46. The Balaban J connectivity index is 2.28. The van der Waals surface area contributed by atoms with Gasteiger partial charge in [-0.15, -0.1) is 0 Å². The quantitative estimate of drug-likeness (QED) is 0.858. The number of amides is 1. The van der Waals surface area contributed by atoms with Gasteiger partial charge in [0.1, 0.15) is 0 Å². The molecular formula is C12H13Cl2NO4S. The van der Waals surface area contributed by atoms with Gasteiger partial charge in [0.2, 0.25) is 0 Å². The van der Waals surface area contributed by atoms with Crippen molar-refractivity contribution in [1.29, 1.82) is 0 Å². The van der Waals surface area contributed by atoms with E-state index >= 15 is 0 Å². The second-order valence-corrected chi connectivity index (χ2v) is 7.93. The summed E-state index contributed by atoms with van der Waals surface area (Å²) in [5.41, 5.74) is -0.316. The zero-order valence-corrected chi connectivity index (χ0v) is 13.0. The molecule has 0 spiro atoms. The van der Waals surface area contributed by atoms with E-state index in [2.05, 4.69) is 5.32 Å². The van der Waals surface area contributed by atoms with Gasteiger partial charge >= 0.3 is 0 Å². The van der Waals surface area contributed by atoms with E-state index in [1.165, 1.54) is 18.2 Å². The Kier molecular flexibility index (Phi) is 4.30. The van der Waals surface area contributed by atoms with Gasteiger partial charge in [-0.2, -0.15) is 0 Å². The fourth-order valence-corrected chi connectivity index (χ4v) is 3.05. The Morgan fingerprint density at radius 1 is 1.40 bits per heavy atom. The lowest BCUT2D eigenvalue weighted by molar-refractivity contribution is 0.0889. The number of carbonyl (C=O) groups excluding carboxylic acids is 1. The molecule has 1 aliphatic heterocycles. The van der Waals surface area contributed by atoms with E-state index in [1.54, 1.807) is 0 Å². The second kappa shape index (κ2) is 5.52. The Morgan fingerprint density at radius 3 is 2.65 bits per heavy atom. The molecule has 1 aliphatic rings. The molecule has 1 aromatic carbocycles. The summed E-state index contributed by atoms with van der Waals surface area (Å²) in [5.74, 6) is -0.415. The number of ether oxygens (including phenoxy) is 1. The monoisotopic (exact) mass is 337 g/mol. The van der Waals surface area contributed by atoms with Crippen LogP contribution in [0, 0.1) is 0 Å². The van der Waals surface area contributed by atoms with E-state index in [1.807, 2.05) is 6.92 Å². The lowest BCUT2D eigenvalue weighted by Gasteiger charge is -2.23. The first-order valence-electron chi connectivity index (χ1n) is 5.85. The lowest BCUT2D eigenvalue weighted by atomic mass is 10.0. The van der Waals surface area contributed by atoms with Crippen molar-refractivity contribution in [1.82, 2.24) is 5.32 Å². The largest absolute Gasteiger partial charge is 0.379 e. The molecule has 1 heterocycles. The van der Waals surface area contributed by atoms with Crippen LogP contribution in [0.25, 0.3) is 0 Å². The minimum absolute atomic E-state index is 0.129. The third-order valence-corrected chi connectivity index (χ3v) is 4.60. The number of rotatable bonds is 3. The molecule has 8 heteroatoms. The van der Waals surface area contributed by atoms with Crippen LogP contribution in [0.4, 0.5) is 0 Å². The van der Waals surface area contributed by atoms with Crippen LogP contribution in [0.3, 0.4) is 0 Å². The maximum Gasteiger partial charge on any atom is 0.261 e. The zero-order chi connectivity index (χ0) is 15.0. The van der Waals surface area contributed by atoms with Crippen molar-refractivity contribution in [3.63, 3.8) is 0 Å². The first-order valence-corrected chi connectivity index (χ1v) is 8.54. The van der Waals surface area contributed by atoms with E-state index in [9.17, 15) is 13.2 Å². The van der Waals surface area contributed by atoms with Gasteiger partial charge in [-0.1, -0.05) is 11.6 Å². The predicted molar refractivity (Wildman–Crippen MR) is 75.8 cm³/mol. The molecule has 1 N–H and O–H groups in total. The van der Waals surface area contributed by atoms with Crippen molar-refractivity contribution in [3.8, 4) is 0 Å². The molecule has 1 fully saturated rings. The fourth-order valence-electron chi connectivity index (χ4n) is 1.95. The summed E-state index contributed by atoms with van der Waals surface area (Å²) in [6.07, 6.45) is 0.694. The molecule has 1 atom stereocenters. The third-order valence-electron chi connectivity index (χ3n) is 3.05. The van der Waals surface area contributed by atoms with Gasteiger partial charge in [-0.25, -0.2) is 8.42 Å². The smallest absolute Gasteiger partial charge is 0.261 e. The van der Waals surface area contributed by atoms with Crippen LogP contribution >= 0.6 is 22.3 Å². The molecule has 0 radical (unpaired) electrons. The summed E-state index contributed by atoms with van der Waals surface area (Å²) in [7, 11) is 1.33. The molecule has 1 unspecified atom stereocenters. The predicted octanol–water partition coefficient (Wildman–Crippen LogP) is 2.18. The number of carbonyl (C=O) groups is 1. The number of halogens is 2. The Morgan fingerprint density at radius 2 is 2.10 bits per heavy atom. The van der Waals surface area contributed by atoms with Crippen LogP contribution in [0.2, 0.25) is 5.02 Å². The fraction of sp³-hybridized carbons (Fsp3) is 0.417. The van der Waals surface area contributed by atoms with Crippen LogP contribution in [0.15, 0.2) is 23.1 Å². The van der Waals surface area contributed by atoms with Gasteiger partial charge in [-0.05, 0) is 31.5 Å². The number of hydrogen-bond acceptors (Lipinski definition) is 4. The average Bonchev–Trinajstić information content (AvgIpc) is 2.73. The van der Waals surface area contributed by atoms with Crippen molar-refractivity contribution in [3.05, 3.63) is 28.8 Å². The van der Waals surface area contributed by atoms with Gasteiger partial charge in [-0.3, -0.25) is 4.79 Å². The SMILES string of the molecule is CC1(NC(=O)c2cc(Cl)cc(S(=O)(=O)Cl)c2)CCOC1. The van der Waals surface area contributed by atoms with Crippen molar-refractivity contribution >= 4 is 37.2 Å². The topological polar surface area (TPSA) is 72.5 Å². The molecule has 110 valence electrons. The molecule has 0 aromatic heterocycles. The molecule has 0 bridgehead atoms. The molecule has 1 amide bonds. The van der Waals surface area contributed by atoms with E-state index < -0.39 is 20.5 Å². The molecule has 1 saturated heterocycles. The van der Waals surface area contributed by atoms with Gasteiger partial charge in [0.05, 0.1) is 17.0 Å². The average molecular weight is 338 g/mol. The minimum Gasteiger partial charge on any atom is -0.379 e. The van der Waals surface area contributed by atoms with E-state index in [0.29, 0.717) is 19.6 Å². The highest BCUT2D eigenvalue weighted by molar-refractivity contribution is 8.13. The second-order valence-electron chi connectivity index (χ2n) is 4.93. The van der Waals surface area contributed by atoms with Crippen LogP contribution in [0.5, 0.6) is 0 Å². The van der Waals surface area contributed by atoms with E-state index in [0.717, 1.165) is 0 Å². The number of nitrogens with one attached hydrogen (secondary N) is 1. The Bertz CT molecular complexity index is 639. The first-order chi connectivity index (χ1) is 9.20. The number of hydrogen-bond donors (Lipinski definition) is 1. The highest BCUT2D eigenvalue weighted by atomic mass is 35.7. The number of benzene rings is 1. The summed E-state index contributed by atoms with van der Waals surface area (Å²) < 4.78 is 27.9. The van der Waals surface area contributed by atoms with Crippen LogP contribution in [-0.2, 0) is 13.8 Å². The van der Waals surface area contributed by atoms with Crippen molar-refractivity contribution in [2.24, 2.45) is 0 Å². The Labute approximate surface area is 126 Å². The van der Waals surface area contributed by atoms with Crippen molar-refractivity contribution in [2.45, 2.75) is 23.8 Å². The normalized spacial score (nSPS) is 22.8. The van der Waals surface area contributed by atoms with Crippen LogP contribution in [0.1, 0.15) is 23.7 Å². The maximum atomic E-state index is 12.2. The van der Waals surface area contributed by atoms with Crippen LogP contribution in [-0.4, -0.2) is 33.1 Å². The summed E-state index contributed by atoms with van der Waals surface area (Å²) in [6, 6.07) is 3.78. The van der Waals surface area contributed by atoms with E-state index in [4.69, 9.17) is 27.0 Å². The molecule has 1 aromatic rings. The van der Waals surface area contributed by atoms with Crippen LogP contribution < -0.4 is 5.32 Å². The standard InChI is InChI=1S/C12H13Cl2NO4S/c1-12(2-3-19-7-12)15-11(16)8-4-9(13)6-10(5-8)20(14,17)18/h4-6H,2-3,7H2,1H3,(H,15,16). The summed E-state index contributed by atoms with van der Waals surface area (Å²) in [6.45, 7) is 2.86. The van der Waals surface area contributed by atoms with Gasteiger partial charge in [0.15, 0.2) is 0 Å². The van der Waals surface area contributed by atoms with Crippen molar-refractivity contribution < 1.29 is 17.9 Å².